The summed E-state index contributed by atoms with van der Waals surface area (Å²) in [5.41, 5.74) is 1.43. The number of hydrogen-bond donors (Lipinski definition) is 0. The molecular formula is C25H35O3S+. The molecule has 0 N–H and O–H groups in total. The second kappa shape index (κ2) is 9.94. The fourth-order valence-electron chi connectivity index (χ4n) is 4.19. The molecule has 0 atom stereocenters. The van der Waals surface area contributed by atoms with E-state index in [9.17, 15) is 4.79 Å². The van der Waals surface area contributed by atoms with Gasteiger partial charge >= 0.3 is 5.97 Å². The third-order valence-electron chi connectivity index (χ3n) is 5.68. The molecule has 29 heavy (non-hydrogen) atoms. The van der Waals surface area contributed by atoms with Gasteiger partial charge in [0.15, 0.2) is 17.1 Å². The van der Waals surface area contributed by atoms with E-state index in [0.717, 1.165) is 29.7 Å². The third-order valence-corrected chi connectivity index (χ3v) is 8.15. The predicted molar refractivity (Wildman–Crippen MR) is 121 cm³/mol. The Morgan fingerprint density at radius 3 is 2.31 bits per heavy atom. The number of benzene rings is 1. The lowest BCUT2D eigenvalue weighted by atomic mass is 10.1. The van der Waals surface area contributed by atoms with Crippen molar-refractivity contribution in [3.8, 4) is 17.6 Å². The highest BCUT2D eigenvalue weighted by molar-refractivity contribution is 7.96. The van der Waals surface area contributed by atoms with Gasteiger partial charge in [-0.3, -0.25) is 0 Å². The van der Waals surface area contributed by atoms with Crippen molar-refractivity contribution in [2.75, 3.05) is 18.1 Å². The standard InChI is InChI=1S/C25H35O3S/c1-19-16-22(29-14-8-5-9-15-29)17-20(2)24(19)27-18-23(26)28-25(3,4)13-12-21-10-6-7-11-21/h16-17,21H,5-11,14-15,18H2,1-4H3/q+1. The van der Waals surface area contributed by atoms with Crippen LogP contribution in [0.15, 0.2) is 17.0 Å². The van der Waals surface area contributed by atoms with E-state index in [1.807, 2.05) is 13.8 Å². The molecule has 1 aromatic rings. The number of carbonyl (C=O) groups is 1. The van der Waals surface area contributed by atoms with Crippen LogP contribution in [0.5, 0.6) is 5.75 Å². The minimum atomic E-state index is -0.779. The Balaban J connectivity index is 1.56. The van der Waals surface area contributed by atoms with E-state index >= 15 is 0 Å². The molecule has 1 saturated heterocycles. The lowest BCUT2D eigenvalue weighted by molar-refractivity contribution is -0.154. The van der Waals surface area contributed by atoms with E-state index in [-0.39, 0.29) is 12.6 Å². The summed E-state index contributed by atoms with van der Waals surface area (Å²) in [6.07, 6.45) is 8.88. The quantitative estimate of drug-likeness (QED) is 0.369. The summed E-state index contributed by atoms with van der Waals surface area (Å²) in [5, 5.41) is 0. The Hall–Kier alpha value is -1.60. The Kier molecular flexibility index (Phi) is 7.57. The first kappa shape index (κ1) is 22.1. The summed E-state index contributed by atoms with van der Waals surface area (Å²) in [4.78, 5) is 13.8. The topological polar surface area (TPSA) is 35.5 Å². The van der Waals surface area contributed by atoms with Crippen LogP contribution < -0.4 is 4.74 Å². The van der Waals surface area contributed by atoms with Crippen molar-refractivity contribution in [2.24, 2.45) is 5.92 Å². The van der Waals surface area contributed by atoms with Crippen LogP contribution in [0.1, 0.15) is 69.9 Å². The molecule has 0 bridgehead atoms. The molecule has 0 radical (unpaired) electrons. The van der Waals surface area contributed by atoms with Crippen LogP contribution in [0.25, 0.3) is 0 Å². The van der Waals surface area contributed by atoms with Crippen molar-refractivity contribution in [1.29, 1.82) is 0 Å². The summed E-state index contributed by atoms with van der Waals surface area (Å²) in [6.45, 7) is 7.76. The van der Waals surface area contributed by atoms with E-state index < -0.39 is 5.60 Å². The summed E-state index contributed by atoms with van der Waals surface area (Å²) >= 11 is 0. The van der Waals surface area contributed by atoms with Crippen LogP contribution in [0, 0.1) is 31.6 Å². The molecule has 0 amide bonds. The first-order valence-corrected chi connectivity index (χ1v) is 12.6. The highest BCUT2D eigenvalue weighted by atomic mass is 32.2. The number of carbonyl (C=O) groups excluding carboxylic acids is 1. The highest BCUT2D eigenvalue weighted by Gasteiger charge is 2.27. The molecule has 1 aliphatic carbocycles. The molecule has 2 fully saturated rings. The monoisotopic (exact) mass is 415 g/mol. The largest absolute Gasteiger partial charge is 0.481 e. The van der Waals surface area contributed by atoms with Crippen molar-refractivity contribution in [3.63, 3.8) is 0 Å². The summed E-state index contributed by atoms with van der Waals surface area (Å²) in [7, 11) is 0.371. The highest BCUT2D eigenvalue weighted by Crippen LogP contribution is 2.30. The van der Waals surface area contributed by atoms with Gasteiger partial charge in [-0.05, 0) is 83.1 Å². The Morgan fingerprint density at radius 1 is 1.07 bits per heavy atom. The maximum Gasteiger partial charge on any atom is 0.345 e. The number of aryl methyl sites for hydroxylation is 2. The van der Waals surface area contributed by atoms with Crippen LogP contribution in [0.4, 0.5) is 0 Å². The molecule has 158 valence electrons. The number of esters is 1. The minimum absolute atomic E-state index is 0.0821. The molecule has 0 unspecified atom stereocenters. The van der Waals surface area contributed by atoms with E-state index in [1.165, 1.54) is 48.5 Å². The van der Waals surface area contributed by atoms with Gasteiger partial charge in [0.05, 0.1) is 0 Å². The molecule has 1 aliphatic heterocycles. The molecule has 2 aliphatic rings. The Labute approximate surface area is 179 Å². The van der Waals surface area contributed by atoms with Gasteiger partial charge in [0, 0.05) is 16.8 Å². The van der Waals surface area contributed by atoms with Crippen LogP contribution in [-0.2, 0) is 20.4 Å². The molecule has 3 rings (SSSR count). The van der Waals surface area contributed by atoms with Crippen molar-refractivity contribution in [1.82, 2.24) is 0 Å². The first-order chi connectivity index (χ1) is 13.8. The van der Waals surface area contributed by atoms with Crippen molar-refractivity contribution in [3.05, 3.63) is 23.3 Å². The van der Waals surface area contributed by atoms with Crippen LogP contribution in [-0.4, -0.2) is 29.7 Å². The maximum atomic E-state index is 12.4. The van der Waals surface area contributed by atoms with Crippen molar-refractivity contribution >= 4 is 16.9 Å². The Morgan fingerprint density at radius 2 is 1.69 bits per heavy atom. The smallest absolute Gasteiger partial charge is 0.345 e. The molecule has 1 saturated carbocycles. The van der Waals surface area contributed by atoms with Gasteiger partial charge in [0.25, 0.3) is 0 Å². The number of ether oxygens (including phenoxy) is 2. The SMILES string of the molecule is Cc1cc([S+]2CCCCC2)cc(C)c1OCC(=O)OC(C)(C)C#CC1CCCC1. The van der Waals surface area contributed by atoms with Crippen LogP contribution in [0.3, 0.4) is 0 Å². The zero-order valence-corrected chi connectivity index (χ0v) is 19.3. The third kappa shape index (κ3) is 6.44. The summed E-state index contributed by atoms with van der Waals surface area (Å²) in [5.74, 6) is 9.95. The van der Waals surface area contributed by atoms with Gasteiger partial charge in [0.1, 0.15) is 17.3 Å². The lowest BCUT2D eigenvalue weighted by Crippen LogP contribution is -2.29. The van der Waals surface area contributed by atoms with Gasteiger partial charge in [-0.1, -0.05) is 24.7 Å². The van der Waals surface area contributed by atoms with Crippen molar-refractivity contribution in [2.45, 2.75) is 83.1 Å². The zero-order valence-electron chi connectivity index (χ0n) is 18.4. The molecule has 3 nitrogen and oxygen atoms in total. The van der Waals surface area contributed by atoms with Gasteiger partial charge in [-0.15, -0.1) is 0 Å². The molecular weight excluding hydrogens is 380 g/mol. The lowest BCUT2D eigenvalue weighted by Gasteiger charge is -2.20. The van der Waals surface area contributed by atoms with Crippen molar-refractivity contribution < 1.29 is 14.3 Å². The first-order valence-electron chi connectivity index (χ1n) is 11.0. The maximum absolute atomic E-state index is 12.4. The minimum Gasteiger partial charge on any atom is -0.481 e. The molecule has 1 heterocycles. The van der Waals surface area contributed by atoms with E-state index in [0.29, 0.717) is 16.8 Å². The molecule has 0 aromatic heterocycles. The second-order valence-electron chi connectivity index (χ2n) is 8.87. The second-order valence-corrected chi connectivity index (χ2v) is 11.1. The van der Waals surface area contributed by atoms with Gasteiger partial charge in [0.2, 0.25) is 0 Å². The van der Waals surface area contributed by atoms with Gasteiger partial charge in [-0.2, -0.15) is 0 Å². The predicted octanol–water partition coefficient (Wildman–Crippen LogP) is 5.36. The molecule has 0 spiro atoms. The average molecular weight is 416 g/mol. The normalized spacial score (nSPS) is 18.2. The Bertz CT molecular complexity index is 752. The average Bonchev–Trinajstić information content (AvgIpc) is 3.20. The van der Waals surface area contributed by atoms with E-state index in [4.69, 9.17) is 9.47 Å². The van der Waals surface area contributed by atoms with Crippen LogP contribution in [0.2, 0.25) is 0 Å². The molecule has 4 heteroatoms. The van der Waals surface area contributed by atoms with Gasteiger partial charge in [-0.25, -0.2) is 4.79 Å². The summed E-state index contributed by atoms with van der Waals surface area (Å²) in [6, 6.07) is 4.50. The summed E-state index contributed by atoms with van der Waals surface area (Å²) < 4.78 is 11.5. The van der Waals surface area contributed by atoms with E-state index in [2.05, 4.69) is 37.8 Å². The zero-order chi connectivity index (χ0) is 20.9. The van der Waals surface area contributed by atoms with Crippen LogP contribution >= 0.6 is 0 Å². The van der Waals surface area contributed by atoms with Gasteiger partial charge < -0.3 is 9.47 Å². The number of hydrogen-bond acceptors (Lipinski definition) is 3. The fourth-order valence-corrected chi connectivity index (χ4v) is 6.66. The van der Waals surface area contributed by atoms with E-state index in [1.54, 1.807) is 0 Å². The molecule has 1 aromatic carbocycles. The number of rotatable bonds is 5. The fraction of sp³-hybridized carbons (Fsp3) is 0.640.